The van der Waals surface area contributed by atoms with Crippen molar-refractivity contribution in [3.05, 3.63) is 0 Å². The van der Waals surface area contributed by atoms with Gasteiger partial charge in [-0.25, -0.2) is 0 Å². The van der Waals surface area contributed by atoms with E-state index in [1.54, 1.807) is 0 Å². The van der Waals surface area contributed by atoms with E-state index in [1.807, 2.05) is 20.8 Å². The molecule has 0 rings (SSSR count). The molecule has 68 valence electrons. The number of hydrogen-bond acceptors (Lipinski definition) is 2. The molecule has 0 aromatic carbocycles. The van der Waals surface area contributed by atoms with Crippen LogP contribution in [0.3, 0.4) is 0 Å². The largest absolute Gasteiger partial charge is 0.328 e. The second kappa shape index (κ2) is 5.72. The Kier molecular flexibility index (Phi) is 5.78. The van der Waals surface area contributed by atoms with Gasteiger partial charge in [0.05, 0.1) is 0 Å². The van der Waals surface area contributed by atoms with Crippen molar-refractivity contribution in [1.29, 1.82) is 0 Å². The summed E-state index contributed by atoms with van der Waals surface area (Å²) in [5, 5.41) is 0.295. The van der Waals surface area contributed by atoms with Crippen molar-refractivity contribution < 1.29 is 4.21 Å². The lowest BCUT2D eigenvalue weighted by atomic mass is 10.2. The molecule has 0 saturated carbocycles. The van der Waals surface area contributed by atoms with Gasteiger partial charge in [0.25, 0.3) is 0 Å². The zero-order chi connectivity index (χ0) is 8.85. The quantitative estimate of drug-likeness (QED) is 0.687. The molecule has 2 N–H and O–H groups in total. The fraction of sp³-hybridized carbons (Fsp3) is 1.00. The Hall–Kier alpha value is 0.110. The normalized spacial score (nSPS) is 16.8. The predicted octanol–water partition coefficient (Wildman–Crippen LogP) is 1.27. The van der Waals surface area contributed by atoms with Gasteiger partial charge in [0.2, 0.25) is 0 Å². The van der Waals surface area contributed by atoms with Crippen LogP contribution < -0.4 is 5.73 Å². The van der Waals surface area contributed by atoms with E-state index in [2.05, 4.69) is 0 Å². The molecule has 2 unspecified atom stereocenters. The third-order valence-electron chi connectivity index (χ3n) is 1.53. The van der Waals surface area contributed by atoms with Gasteiger partial charge in [-0.05, 0) is 19.8 Å². The standard InChI is InChI=1S/C8H19NOS/c1-7(2)11(10)6-4-5-8(3)9/h7-8H,4-6,9H2,1-3H3. The first-order valence-electron chi connectivity index (χ1n) is 4.16. The van der Waals surface area contributed by atoms with Crippen LogP contribution in [0.25, 0.3) is 0 Å². The van der Waals surface area contributed by atoms with E-state index in [1.165, 1.54) is 0 Å². The lowest BCUT2D eigenvalue weighted by Gasteiger charge is -2.06. The van der Waals surface area contributed by atoms with E-state index in [-0.39, 0.29) is 6.04 Å². The van der Waals surface area contributed by atoms with E-state index in [9.17, 15) is 4.21 Å². The van der Waals surface area contributed by atoms with E-state index in [4.69, 9.17) is 5.73 Å². The third kappa shape index (κ3) is 6.51. The second-order valence-corrected chi connectivity index (χ2v) is 5.37. The molecule has 2 atom stereocenters. The molecule has 0 aliphatic carbocycles. The molecule has 0 heterocycles. The molecule has 3 heteroatoms. The zero-order valence-corrected chi connectivity index (χ0v) is 8.49. The first-order chi connectivity index (χ1) is 5.04. The maximum atomic E-state index is 11.2. The maximum absolute atomic E-state index is 11.2. The van der Waals surface area contributed by atoms with Crippen molar-refractivity contribution in [2.24, 2.45) is 5.73 Å². The fourth-order valence-electron chi connectivity index (χ4n) is 0.783. The Morgan fingerprint density at radius 3 is 2.27 bits per heavy atom. The fourth-order valence-corrected chi connectivity index (χ4v) is 1.71. The molecule has 0 aliphatic rings. The van der Waals surface area contributed by atoms with Crippen LogP contribution in [0.2, 0.25) is 0 Å². The first kappa shape index (κ1) is 11.1. The molecule has 2 nitrogen and oxygen atoms in total. The summed E-state index contributed by atoms with van der Waals surface area (Å²) in [6.07, 6.45) is 1.97. The first-order valence-corrected chi connectivity index (χ1v) is 5.55. The summed E-state index contributed by atoms with van der Waals surface area (Å²) < 4.78 is 11.2. The summed E-state index contributed by atoms with van der Waals surface area (Å²) in [6.45, 7) is 5.96. The minimum absolute atomic E-state index is 0.249. The van der Waals surface area contributed by atoms with Crippen molar-refractivity contribution in [2.75, 3.05) is 5.75 Å². The zero-order valence-electron chi connectivity index (χ0n) is 7.67. The predicted molar refractivity (Wildman–Crippen MR) is 51.0 cm³/mol. The van der Waals surface area contributed by atoms with Crippen molar-refractivity contribution in [2.45, 2.75) is 44.9 Å². The van der Waals surface area contributed by atoms with Crippen molar-refractivity contribution in [1.82, 2.24) is 0 Å². The molecule has 0 fully saturated rings. The monoisotopic (exact) mass is 177 g/mol. The van der Waals surface area contributed by atoms with E-state index in [0.29, 0.717) is 5.25 Å². The van der Waals surface area contributed by atoms with Crippen molar-refractivity contribution in [3.63, 3.8) is 0 Å². The van der Waals surface area contributed by atoms with Gasteiger partial charge in [0.15, 0.2) is 0 Å². The highest BCUT2D eigenvalue weighted by molar-refractivity contribution is 7.85. The summed E-state index contributed by atoms with van der Waals surface area (Å²) >= 11 is 0. The summed E-state index contributed by atoms with van der Waals surface area (Å²) in [5.74, 6) is 0.805. The van der Waals surface area contributed by atoms with Crippen LogP contribution in [0.1, 0.15) is 33.6 Å². The summed E-state index contributed by atoms with van der Waals surface area (Å²) in [5.41, 5.74) is 5.56. The van der Waals surface area contributed by atoms with E-state index >= 15 is 0 Å². The van der Waals surface area contributed by atoms with Gasteiger partial charge in [-0.3, -0.25) is 4.21 Å². The molecular formula is C8H19NOS. The van der Waals surface area contributed by atoms with Gasteiger partial charge in [-0.15, -0.1) is 0 Å². The highest BCUT2D eigenvalue weighted by atomic mass is 32.2. The Morgan fingerprint density at radius 1 is 1.36 bits per heavy atom. The Bertz CT molecular complexity index is 123. The van der Waals surface area contributed by atoms with E-state index in [0.717, 1.165) is 18.6 Å². The van der Waals surface area contributed by atoms with Crippen LogP contribution in [-0.4, -0.2) is 21.3 Å². The van der Waals surface area contributed by atoms with Crippen LogP contribution in [0.5, 0.6) is 0 Å². The van der Waals surface area contributed by atoms with Crippen LogP contribution in [0, 0.1) is 0 Å². The summed E-state index contributed by atoms with van der Waals surface area (Å²) in [7, 11) is -0.644. The highest BCUT2D eigenvalue weighted by Crippen LogP contribution is 2.00. The van der Waals surface area contributed by atoms with Crippen molar-refractivity contribution in [3.8, 4) is 0 Å². The van der Waals surface area contributed by atoms with Crippen LogP contribution in [0.4, 0.5) is 0 Å². The minimum Gasteiger partial charge on any atom is -0.328 e. The SMILES string of the molecule is CC(N)CCCS(=O)C(C)C. The summed E-state index contributed by atoms with van der Waals surface area (Å²) in [4.78, 5) is 0. The molecule has 0 spiro atoms. The van der Waals surface area contributed by atoms with Crippen LogP contribution >= 0.6 is 0 Å². The molecule has 0 aliphatic heterocycles. The average molecular weight is 177 g/mol. The Morgan fingerprint density at radius 2 is 1.91 bits per heavy atom. The lowest BCUT2D eigenvalue weighted by molar-refractivity contribution is 0.641. The smallest absolute Gasteiger partial charge is 0.0291 e. The molecule has 0 bridgehead atoms. The van der Waals surface area contributed by atoms with E-state index < -0.39 is 10.8 Å². The van der Waals surface area contributed by atoms with Gasteiger partial charge in [0, 0.05) is 27.8 Å². The molecule has 0 amide bonds. The summed E-state index contributed by atoms with van der Waals surface area (Å²) in [6, 6.07) is 0.249. The average Bonchev–Trinajstić information content (AvgIpc) is 1.86. The van der Waals surface area contributed by atoms with Gasteiger partial charge >= 0.3 is 0 Å². The molecule has 0 aromatic heterocycles. The number of nitrogens with two attached hydrogens (primary N) is 1. The maximum Gasteiger partial charge on any atom is 0.0291 e. The number of rotatable bonds is 5. The number of hydrogen-bond donors (Lipinski definition) is 1. The lowest BCUT2D eigenvalue weighted by Crippen LogP contribution is -2.17. The molecule has 0 radical (unpaired) electrons. The minimum atomic E-state index is -0.644. The van der Waals surface area contributed by atoms with Gasteiger partial charge in [0.1, 0.15) is 0 Å². The third-order valence-corrected chi connectivity index (χ3v) is 3.27. The van der Waals surface area contributed by atoms with Crippen LogP contribution in [0.15, 0.2) is 0 Å². The Balaban J connectivity index is 3.32. The molecule has 0 aromatic rings. The van der Waals surface area contributed by atoms with Gasteiger partial charge in [-0.2, -0.15) is 0 Å². The molecule has 0 saturated heterocycles. The topological polar surface area (TPSA) is 43.1 Å². The highest BCUT2D eigenvalue weighted by Gasteiger charge is 2.04. The Labute approximate surface area is 72.0 Å². The van der Waals surface area contributed by atoms with Crippen LogP contribution in [-0.2, 0) is 10.8 Å². The van der Waals surface area contributed by atoms with Gasteiger partial charge < -0.3 is 5.73 Å². The molecule has 11 heavy (non-hydrogen) atoms. The van der Waals surface area contributed by atoms with Gasteiger partial charge in [-0.1, -0.05) is 13.8 Å². The second-order valence-electron chi connectivity index (χ2n) is 3.25. The van der Waals surface area contributed by atoms with Crippen molar-refractivity contribution >= 4 is 10.8 Å². The molecular weight excluding hydrogens is 158 g/mol.